The molecular weight excluding hydrogens is 474 g/mol. The van der Waals surface area contributed by atoms with Gasteiger partial charge in [-0.1, -0.05) is 31.2 Å². The van der Waals surface area contributed by atoms with E-state index >= 15 is 0 Å². The molecule has 0 bridgehead atoms. The number of nitrogens with one attached hydrogen (secondary N) is 2. The second-order valence-corrected chi connectivity index (χ2v) is 7.49. The molecule has 0 fully saturated rings. The normalized spacial score (nSPS) is 20.9. The molecule has 0 saturated heterocycles. The molecule has 2 aromatic rings. The number of para-hydroxylation sites is 2. The Kier molecular flexibility index (Phi) is 4.40. The number of benzene rings is 2. The Balaban J connectivity index is 1.85. The Morgan fingerprint density at radius 3 is 2.60 bits per heavy atom. The SMILES string of the molecule is CC1CC(Nc2ccccc2I)Nc2c(I)cccc21. The summed E-state index contributed by atoms with van der Waals surface area (Å²) in [5, 5.41) is 7.28. The van der Waals surface area contributed by atoms with Crippen LogP contribution >= 0.6 is 45.2 Å². The maximum Gasteiger partial charge on any atom is 0.0970 e. The molecule has 1 aliphatic heterocycles. The average Bonchev–Trinajstić information content (AvgIpc) is 2.43. The van der Waals surface area contributed by atoms with Crippen LogP contribution < -0.4 is 10.6 Å². The van der Waals surface area contributed by atoms with Gasteiger partial charge in [-0.25, -0.2) is 0 Å². The third kappa shape index (κ3) is 2.90. The van der Waals surface area contributed by atoms with Crippen LogP contribution in [0.3, 0.4) is 0 Å². The lowest BCUT2D eigenvalue weighted by Gasteiger charge is -2.33. The number of rotatable bonds is 2. The molecular formula is C16H16I2N2. The Morgan fingerprint density at radius 2 is 1.80 bits per heavy atom. The highest BCUT2D eigenvalue weighted by Gasteiger charge is 2.24. The second-order valence-electron chi connectivity index (χ2n) is 5.16. The van der Waals surface area contributed by atoms with Crippen molar-refractivity contribution in [3.8, 4) is 0 Å². The first kappa shape index (κ1) is 14.4. The Hall–Kier alpha value is -0.500. The van der Waals surface area contributed by atoms with E-state index in [2.05, 4.69) is 105 Å². The van der Waals surface area contributed by atoms with Crippen molar-refractivity contribution in [3.05, 3.63) is 55.2 Å². The molecule has 2 N–H and O–H groups in total. The minimum absolute atomic E-state index is 0.282. The lowest BCUT2D eigenvalue weighted by Crippen LogP contribution is -2.34. The zero-order valence-electron chi connectivity index (χ0n) is 11.2. The highest BCUT2D eigenvalue weighted by molar-refractivity contribution is 14.1. The zero-order chi connectivity index (χ0) is 14.1. The highest BCUT2D eigenvalue weighted by atomic mass is 127. The van der Waals surface area contributed by atoms with Crippen LogP contribution in [0.25, 0.3) is 0 Å². The van der Waals surface area contributed by atoms with E-state index in [-0.39, 0.29) is 6.17 Å². The maximum absolute atomic E-state index is 3.65. The van der Waals surface area contributed by atoms with Gasteiger partial charge < -0.3 is 10.6 Å². The van der Waals surface area contributed by atoms with Gasteiger partial charge in [0.15, 0.2) is 0 Å². The van der Waals surface area contributed by atoms with Gasteiger partial charge in [-0.2, -0.15) is 0 Å². The van der Waals surface area contributed by atoms with Crippen LogP contribution in [0.1, 0.15) is 24.8 Å². The third-order valence-corrected chi connectivity index (χ3v) is 5.53. The third-order valence-electron chi connectivity index (χ3n) is 3.69. The van der Waals surface area contributed by atoms with Crippen molar-refractivity contribution in [1.29, 1.82) is 0 Å². The molecule has 0 spiro atoms. The molecule has 2 unspecified atom stereocenters. The molecule has 0 aromatic heterocycles. The van der Waals surface area contributed by atoms with Crippen molar-refractivity contribution >= 4 is 56.6 Å². The van der Waals surface area contributed by atoms with E-state index in [9.17, 15) is 0 Å². The molecule has 2 aromatic carbocycles. The molecule has 4 heteroatoms. The quantitative estimate of drug-likeness (QED) is 0.563. The summed E-state index contributed by atoms with van der Waals surface area (Å²) in [6, 6.07) is 15.0. The van der Waals surface area contributed by atoms with E-state index in [1.807, 2.05) is 0 Å². The van der Waals surface area contributed by atoms with Gasteiger partial charge in [-0.3, -0.25) is 0 Å². The first-order valence-corrected chi connectivity index (χ1v) is 8.87. The van der Waals surface area contributed by atoms with Crippen LogP contribution in [0.2, 0.25) is 0 Å². The zero-order valence-corrected chi connectivity index (χ0v) is 15.5. The van der Waals surface area contributed by atoms with Crippen LogP contribution in [-0.2, 0) is 0 Å². The molecule has 0 aliphatic carbocycles. The number of anilines is 2. The molecule has 2 atom stereocenters. The summed E-state index contributed by atoms with van der Waals surface area (Å²) >= 11 is 4.79. The fraction of sp³-hybridized carbons (Fsp3) is 0.250. The highest BCUT2D eigenvalue weighted by Crippen LogP contribution is 2.37. The predicted octanol–water partition coefficient (Wildman–Crippen LogP) is 5.25. The van der Waals surface area contributed by atoms with Gasteiger partial charge in [0.1, 0.15) is 0 Å². The molecule has 104 valence electrons. The van der Waals surface area contributed by atoms with Gasteiger partial charge in [0.05, 0.1) is 11.9 Å². The number of hydrogen-bond acceptors (Lipinski definition) is 2. The van der Waals surface area contributed by atoms with E-state index in [0.29, 0.717) is 5.92 Å². The van der Waals surface area contributed by atoms with Crippen LogP contribution in [0, 0.1) is 7.14 Å². The minimum atomic E-state index is 0.282. The van der Waals surface area contributed by atoms with E-state index < -0.39 is 0 Å². The van der Waals surface area contributed by atoms with Gasteiger partial charge in [-0.05, 0) is 81.3 Å². The molecule has 0 amide bonds. The first-order chi connectivity index (χ1) is 9.65. The topological polar surface area (TPSA) is 24.1 Å². The molecule has 20 heavy (non-hydrogen) atoms. The maximum atomic E-state index is 3.65. The molecule has 0 radical (unpaired) electrons. The van der Waals surface area contributed by atoms with E-state index in [4.69, 9.17) is 0 Å². The van der Waals surface area contributed by atoms with E-state index in [0.717, 1.165) is 6.42 Å². The molecule has 1 aliphatic rings. The lowest BCUT2D eigenvalue weighted by atomic mass is 9.91. The van der Waals surface area contributed by atoms with Crippen LogP contribution in [0.5, 0.6) is 0 Å². The van der Waals surface area contributed by atoms with E-state index in [1.165, 1.54) is 24.1 Å². The largest absolute Gasteiger partial charge is 0.364 e. The molecule has 3 rings (SSSR count). The van der Waals surface area contributed by atoms with Crippen molar-refractivity contribution < 1.29 is 0 Å². The van der Waals surface area contributed by atoms with Crippen LogP contribution in [0.15, 0.2) is 42.5 Å². The monoisotopic (exact) mass is 490 g/mol. The number of halogens is 2. The summed E-state index contributed by atoms with van der Waals surface area (Å²) in [5.41, 5.74) is 3.92. The van der Waals surface area contributed by atoms with Crippen molar-refractivity contribution in [1.82, 2.24) is 0 Å². The van der Waals surface area contributed by atoms with Gasteiger partial charge in [0.25, 0.3) is 0 Å². The van der Waals surface area contributed by atoms with Crippen LogP contribution in [-0.4, -0.2) is 6.17 Å². The molecule has 0 saturated carbocycles. The first-order valence-electron chi connectivity index (χ1n) is 6.71. The van der Waals surface area contributed by atoms with Gasteiger partial charge in [0.2, 0.25) is 0 Å². The van der Waals surface area contributed by atoms with Gasteiger partial charge in [-0.15, -0.1) is 0 Å². The predicted molar refractivity (Wildman–Crippen MR) is 102 cm³/mol. The molecule has 1 heterocycles. The summed E-state index contributed by atoms with van der Waals surface area (Å²) in [6.07, 6.45) is 1.38. The fourth-order valence-corrected chi connectivity index (χ4v) is 3.90. The Labute approximate surface area is 147 Å². The Bertz CT molecular complexity index is 628. The Morgan fingerprint density at radius 1 is 1.05 bits per heavy atom. The lowest BCUT2D eigenvalue weighted by molar-refractivity contribution is 0.597. The van der Waals surface area contributed by atoms with E-state index in [1.54, 1.807) is 0 Å². The van der Waals surface area contributed by atoms with Crippen molar-refractivity contribution in [2.45, 2.75) is 25.4 Å². The fourth-order valence-electron chi connectivity index (χ4n) is 2.68. The van der Waals surface area contributed by atoms with Gasteiger partial charge in [0, 0.05) is 12.8 Å². The van der Waals surface area contributed by atoms with Crippen molar-refractivity contribution in [2.24, 2.45) is 0 Å². The summed E-state index contributed by atoms with van der Waals surface area (Å²) in [7, 11) is 0. The smallest absolute Gasteiger partial charge is 0.0970 e. The second kappa shape index (κ2) is 6.09. The van der Waals surface area contributed by atoms with Gasteiger partial charge >= 0.3 is 0 Å². The van der Waals surface area contributed by atoms with Crippen molar-refractivity contribution in [3.63, 3.8) is 0 Å². The summed E-state index contributed by atoms with van der Waals surface area (Å²) < 4.78 is 2.55. The summed E-state index contributed by atoms with van der Waals surface area (Å²) in [5.74, 6) is 0.569. The minimum Gasteiger partial charge on any atom is -0.364 e. The summed E-state index contributed by atoms with van der Waals surface area (Å²) in [6.45, 7) is 2.31. The van der Waals surface area contributed by atoms with Crippen molar-refractivity contribution in [2.75, 3.05) is 10.6 Å². The number of hydrogen-bond donors (Lipinski definition) is 2. The average molecular weight is 490 g/mol. The standard InChI is InChI=1S/C16H16I2N2/c1-10-9-15(19-14-8-3-2-6-12(14)17)20-16-11(10)5-4-7-13(16)18/h2-8,10,15,19-20H,9H2,1H3. The van der Waals surface area contributed by atoms with Crippen LogP contribution in [0.4, 0.5) is 11.4 Å². The number of fused-ring (bicyclic) bond motifs is 1. The summed E-state index contributed by atoms with van der Waals surface area (Å²) in [4.78, 5) is 0. The molecule has 2 nitrogen and oxygen atoms in total.